The average molecular weight is 559 g/mol. The predicted octanol–water partition coefficient (Wildman–Crippen LogP) is 3.87. The molecule has 0 saturated carbocycles. The molecule has 11 nitrogen and oxygen atoms in total. The van der Waals surface area contributed by atoms with Crippen molar-refractivity contribution in [3.8, 4) is 28.3 Å². The van der Waals surface area contributed by atoms with Crippen LogP contribution in [-0.2, 0) is 27.2 Å². The molecule has 0 spiro atoms. The first-order valence-corrected chi connectivity index (χ1v) is 13.2. The lowest BCUT2D eigenvalue weighted by atomic mass is 9.98. The first kappa shape index (κ1) is 29.2. The van der Waals surface area contributed by atoms with Gasteiger partial charge in [0.05, 0.1) is 14.2 Å². The molecule has 0 aliphatic rings. The fourth-order valence-electron chi connectivity index (χ4n) is 4.44. The minimum absolute atomic E-state index is 0.281. The second-order valence-electron chi connectivity index (χ2n) is 9.32. The van der Waals surface area contributed by atoms with Crippen LogP contribution >= 0.6 is 0 Å². The predicted molar refractivity (Wildman–Crippen MR) is 153 cm³/mol. The SMILES string of the molecule is COCCCN(Cc1ccc(-c2ccccc2-c2nn[nH]n2)cc1)C(=O)NC(Cc1ccc(OC)cc1)C(=O)OC. The number of amides is 2. The maximum Gasteiger partial charge on any atom is 0.328 e. The van der Waals surface area contributed by atoms with Gasteiger partial charge in [0.15, 0.2) is 0 Å². The largest absolute Gasteiger partial charge is 0.497 e. The summed E-state index contributed by atoms with van der Waals surface area (Å²) in [5.41, 5.74) is 4.61. The molecule has 0 fully saturated rings. The molecule has 41 heavy (non-hydrogen) atoms. The van der Waals surface area contributed by atoms with Gasteiger partial charge in [-0.3, -0.25) is 0 Å². The molecule has 1 aromatic heterocycles. The minimum Gasteiger partial charge on any atom is -0.497 e. The number of ether oxygens (including phenoxy) is 3. The first-order chi connectivity index (χ1) is 20.0. The number of esters is 1. The van der Waals surface area contributed by atoms with Gasteiger partial charge in [-0.25, -0.2) is 9.59 Å². The van der Waals surface area contributed by atoms with Crippen LogP contribution in [0.3, 0.4) is 0 Å². The van der Waals surface area contributed by atoms with Crippen molar-refractivity contribution in [2.24, 2.45) is 0 Å². The number of methoxy groups -OCH3 is 3. The van der Waals surface area contributed by atoms with Crippen LogP contribution in [0.2, 0.25) is 0 Å². The Kier molecular flexibility index (Phi) is 10.4. The van der Waals surface area contributed by atoms with E-state index in [1.807, 2.05) is 72.8 Å². The second kappa shape index (κ2) is 14.6. The van der Waals surface area contributed by atoms with Crippen molar-refractivity contribution in [3.05, 3.63) is 83.9 Å². The van der Waals surface area contributed by atoms with Crippen LogP contribution in [0, 0.1) is 0 Å². The summed E-state index contributed by atoms with van der Waals surface area (Å²) in [6, 6.07) is 21.9. The lowest BCUT2D eigenvalue weighted by molar-refractivity contribution is -0.142. The molecule has 2 amide bonds. The lowest BCUT2D eigenvalue weighted by Gasteiger charge is -2.26. The van der Waals surface area contributed by atoms with Crippen LogP contribution in [0.25, 0.3) is 22.5 Å². The van der Waals surface area contributed by atoms with Crippen molar-refractivity contribution < 1.29 is 23.8 Å². The van der Waals surface area contributed by atoms with Crippen molar-refractivity contribution in [1.29, 1.82) is 0 Å². The molecule has 3 aromatic carbocycles. The van der Waals surface area contributed by atoms with Gasteiger partial charge in [0.25, 0.3) is 0 Å². The monoisotopic (exact) mass is 558 g/mol. The van der Waals surface area contributed by atoms with Crippen molar-refractivity contribution in [1.82, 2.24) is 30.8 Å². The van der Waals surface area contributed by atoms with Crippen molar-refractivity contribution >= 4 is 12.0 Å². The van der Waals surface area contributed by atoms with Gasteiger partial charge in [-0.2, -0.15) is 5.21 Å². The summed E-state index contributed by atoms with van der Waals surface area (Å²) < 4.78 is 15.4. The van der Waals surface area contributed by atoms with E-state index in [9.17, 15) is 9.59 Å². The molecule has 4 rings (SSSR count). The van der Waals surface area contributed by atoms with Crippen LogP contribution in [-0.4, -0.2) is 78.0 Å². The number of carbonyl (C=O) groups is 2. The van der Waals surface area contributed by atoms with E-state index in [1.54, 1.807) is 19.1 Å². The van der Waals surface area contributed by atoms with Gasteiger partial charge in [0.2, 0.25) is 5.82 Å². The van der Waals surface area contributed by atoms with Gasteiger partial charge >= 0.3 is 12.0 Å². The molecule has 0 saturated heterocycles. The maximum absolute atomic E-state index is 13.5. The Labute approximate surface area is 238 Å². The third-order valence-corrected chi connectivity index (χ3v) is 6.60. The summed E-state index contributed by atoms with van der Waals surface area (Å²) in [6.07, 6.45) is 0.921. The van der Waals surface area contributed by atoms with Gasteiger partial charge in [-0.05, 0) is 46.0 Å². The quantitative estimate of drug-likeness (QED) is 0.187. The van der Waals surface area contributed by atoms with Crippen molar-refractivity contribution in [2.75, 3.05) is 34.5 Å². The number of aromatic nitrogens is 4. The molecule has 1 unspecified atom stereocenters. The number of nitrogens with one attached hydrogen (secondary N) is 2. The van der Waals surface area contributed by atoms with Crippen LogP contribution in [0.15, 0.2) is 72.8 Å². The Morgan fingerprint density at radius 3 is 2.27 bits per heavy atom. The van der Waals surface area contributed by atoms with Crippen molar-refractivity contribution in [2.45, 2.75) is 25.4 Å². The summed E-state index contributed by atoms with van der Waals surface area (Å²) in [5.74, 6) is 0.706. The van der Waals surface area contributed by atoms with Gasteiger partial charge in [-0.1, -0.05) is 60.7 Å². The van der Waals surface area contributed by atoms with E-state index in [1.165, 1.54) is 7.11 Å². The Morgan fingerprint density at radius 2 is 1.63 bits per heavy atom. The van der Waals surface area contributed by atoms with Crippen LogP contribution in [0.4, 0.5) is 4.79 Å². The molecule has 11 heteroatoms. The van der Waals surface area contributed by atoms with E-state index in [0.717, 1.165) is 27.8 Å². The zero-order valence-electron chi connectivity index (χ0n) is 23.4. The third-order valence-electron chi connectivity index (χ3n) is 6.60. The first-order valence-electron chi connectivity index (χ1n) is 13.2. The van der Waals surface area contributed by atoms with Gasteiger partial charge in [0, 0.05) is 38.8 Å². The maximum atomic E-state index is 13.5. The highest BCUT2D eigenvalue weighted by atomic mass is 16.5. The summed E-state index contributed by atoms with van der Waals surface area (Å²) in [7, 11) is 4.52. The molecular weight excluding hydrogens is 524 g/mol. The van der Waals surface area contributed by atoms with Crippen LogP contribution in [0.5, 0.6) is 5.75 Å². The molecule has 0 aliphatic carbocycles. The Bertz CT molecular complexity index is 1390. The number of aromatic amines is 1. The fraction of sp³-hybridized carbons (Fsp3) is 0.300. The lowest BCUT2D eigenvalue weighted by Crippen LogP contribution is -2.49. The van der Waals surface area contributed by atoms with Crippen LogP contribution < -0.4 is 10.1 Å². The van der Waals surface area contributed by atoms with E-state index in [-0.39, 0.29) is 12.5 Å². The molecule has 0 aliphatic heterocycles. The summed E-state index contributed by atoms with van der Waals surface area (Å²) in [6.45, 7) is 1.29. The van der Waals surface area contributed by atoms with Crippen LogP contribution in [0.1, 0.15) is 17.5 Å². The topological polar surface area (TPSA) is 132 Å². The molecule has 0 bridgehead atoms. The number of nitrogens with zero attached hydrogens (tertiary/aromatic N) is 4. The number of urea groups is 1. The molecule has 1 atom stereocenters. The average Bonchev–Trinajstić information content (AvgIpc) is 3.56. The third kappa shape index (κ3) is 7.89. The number of tetrazole rings is 1. The summed E-state index contributed by atoms with van der Waals surface area (Å²) in [5, 5.41) is 17.3. The number of hydrogen-bond acceptors (Lipinski definition) is 8. The minimum atomic E-state index is -0.852. The Hall–Kier alpha value is -4.77. The Morgan fingerprint density at radius 1 is 0.927 bits per heavy atom. The van der Waals surface area contributed by atoms with Gasteiger partial charge in [-0.15, -0.1) is 10.2 Å². The molecular formula is C30H34N6O5. The van der Waals surface area contributed by atoms with E-state index in [0.29, 0.717) is 37.7 Å². The highest BCUT2D eigenvalue weighted by Crippen LogP contribution is 2.30. The molecule has 214 valence electrons. The van der Waals surface area contributed by atoms with Gasteiger partial charge in [0.1, 0.15) is 11.8 Å². The molecule has 1 heterocycles. The Balaban J connectivity index is 1.49. The molecule has 4 aromatic rings. The van der Waals surface area contributed by atoms with E-state index < -0.39 is 12.0 Å². The number of rotatable bonds is 13. The number of H-pyrrole nitrogens is 1. The van der Waals surface area contributed by atoms with Crippen molar-refractivity contribution in [3.63, 3.8) is 0 Å². The summed E-state index contributed by atoms with van der Waals surface area (Å²) in [4.78, 5) is 27.7. The molecule has 0 radical (unpaired) electrons. The summed E-state index contributed by atoms with van der Waals surface area (Å²) >= 11 is 0. The van der Waals surface area contributed by atoms with E-state index in [2.05, 4.69) is 25.9 Å². The number of benzene rings is 3. The van der Waals surface area contributed by atoms with E-state index in [4.69, 9.17) is 14.2 Å². The second-order valence-corrected chi connectivity index (χ2v) is 9.32. The normalized spacial score (nSPS) is 11.5. The highest BCUT2D eigenvalue weighted by molar-refractivity contribution is 5.84. The fourth-order valence-corrected chi connectivity index (χ4v) is 4.44. The molecule has 2 N–H and O–H groups in total. The number of hydrogen-bond donors (Lipinski definition) is 2. The zero-order valence-corrected chi connectivity index (χ0v) is 23.4. The van der Waals surface area contributed by atoms with Gasteiger partial charge < -0.3 is 24.4 Å². The number of carbonyl (C=O) groups excluding carboxylic acids is 2. The zero-order chi connectivity index (χ0) is 29.0. The standard InChI is InChI=1S/C30H34N6O5/c1-39-18-6-17-36(30(38)31-27(29(37)41-3)19-21-11-15-24(40-2)16-12-21)20-22-9-13-23(14-10-22)25-7-4-5-8-26(25)28-32-34-35-33-28/h4-5,7-16,27H,6,17-20H2,1-3H3,(H,31,38)(H,32,33,34,35). The smallest absolute Gasteiger partial charge is 0.328 e. The highest BCUT2D eigenvalue weighted by Gasteiger charge is 2.25. The van der Waals surface area contributed by atoms with E-state index >= 15 is 0 Å².